The molecule has 2 atom stereocenters. The predicted octanol–water partition coefficient (Wildman–Crippen LogP) is 5.23. The Kier molecular flexibility index (Phi) is 7.82. The van der Waals surface area contributed by atoms with E-state index < -0.39 is 77.3 Å². The number of hydrogen-bond donors (Lipinski definition) is 1. The van der Waals surface area contributed by atoms with Gasteiger partial charge in [0, 0.05) is 13.8 Å². The van der Waals surface area contributed by atoms with Crippen molar-refractivity contribution in [1.82, 2.24) is 0 Å². The molecule has 2 unspecified atom stereocenters. The van der Waals surface area contributed by atoms with Gasteiger partial charge >= 0.3 is 51.5 Å². The summed E-state index contributed by atoms with van der Waals surface area (Å²) < 4.78 is 243. The minimum absolute atomic E-state index is 0.956. The summed E-state index contributed by atoms with van der Waals surface area (Å²) in [5.41, 5.74) is 0. The van der Waals surface area contributed by atoms with E-state index in [-0.39, 0.29) is 0 Å². The highest BCUT2D eigenvalue weighted by Gasteiger charge is 2.83. The molecular weight excluding hydrogens is 548 g/mol. The molecule has 0 aliphatic heterocycles. The molecule has 0 aromatic rings. The molecule has 0 fully saturated rings. The van der Waals surface area contributed by atoms with Gasteiger partial charge in [-0.05, 0) is 0 Å². The SMILES string of the molecule is CC(F)(F)C(OC(F)(F)C(F)(OC(F)(F)C(F)(F)S(=O)(=O)O)C(F)(F)F)C(F)(F)C(C)(F)F. The van der Waals surface area contributed by atoms with E-state index in [0.717, 1.165) is 0 Å². The van der Waals surface area contributed by atoms with Gasteiger partial charge in [0.25, 0.3) is 5.92 Å². The zero-order chi connectivity index (χ0) is 27.5. The van der Waals surface area contributed by atoms with Crippen LogP contribution in [0.4, 0.5) is 70.2 Å². The van der Waals surface area contributed by atoms with Crippen molar-refractivity contribution < 1.29 is 92.7 Å². The average Bonchev–Trinajstić information content (AvgIpc) is 2.47. The van der Waals surface area contributed by atoms with Crippen molar-refractivity contribution >= 4 is 10.1 Å². The van der Waals surface area contributed by atoms with E-state index in [4.69, 9.17) is 4.55 Å². The molecule has 0 aromatic carbocycles. The molecule has 0 radical (unpaired) electrons. The number of alkyl halides is 16. The maximum absolute atomic E-state index is 13.9. The predicted molar refractivity (Wildman–Crippen MR) is 68.4 cm³/mol. The Labute approximate surface area is 171 Å². The Hall–Kier alpha value is -1.29. The molecule has 200 valence electrons. The number of hydrogen-bond acceptors (Lipinski definition) is 4. The number of ether oxygens (including phenoxy) is 2. The van der Waals surface area contributed by atoms with Crippen LogP contribution in [0, 0.1) is 0 Å². The Bertz CT molecular complexity index is 810. The summed E-state index contributed by atoms with van der Waals surface area (Å²) in [4.78, 5) is 0. The van der Waals surface area contributed by atoms with Crippen LogP contribution >= 0.6 is 0 Å². The van der Waals surface area contributed by atoms with Crippen LogP contribution in [0.2, 0.25) is 0 Å². The third-order valence-corrected chi connectivity index (χ3v) is 4.20. The maximum atomic E-state index is 13.9. The van der Waals surface area contributed by atoms with Gasteiger partial charge < -0.3 is 0 Å². The molecule has 0 saturated carbocycles. The van der Waals surface area contributed by atoms with Crippen molar-refractivity contribution in [3.05, 3.63) is 0 Å². The van der Waals surface area contributed by atoms with Gasteiger partial charge in [-0.25, -0.2) is 17.6 Å². The van der Waals surface area contributed by atoms with Gasteiger partial charge in [-0.15, -0.1) is 0 Å². The standard InChI is InChI=1S/C11H8F16O5S/c1-4(12,13)3(6(16,17)5(2,14)15)31-9(22,23)7(18,8(19,20)21)32-10(24,25)11(26,27)33(28,29)30/h3H,1-2H3,(H,28,29,30). The summed E-state index contributed by atoms with van der Waals surface area (Å²) in [7, 11) is -7.58. The smallest absolute Gasteiger partial charge is 0.299 e. The normalized spacial score (nSPS) is 18.8. The monoisotopic (exact) mass is 556 g/mol. The lowest BCUT2D eigenvalue weighted by Crippen LogP contribution is -2.67. The van der Waals surface area contributed by atoms with Crippen LogP contribution in [0.25, 0.3) is 0 Å². The van der Waals surface area contributed by atoms with Crippen LogP contribution in [0.3, 0.4) is 0 Å². The van der Waals surface area contributed by atoms with Crippen molar-refractivity contribution in [2.45, 2.75) is 67.2 Å². The second-order valence-electron chi connectivity index (χ2n) is 6.19. The third-order valence-electron chi connectivity index (χ3n) is 3.31. The third kappa shape index (κ3) is 5.69. The topological polar surface area (TPSA) is 72.8 Å². The fourth-order valence-electron chi connectivity index (χ4n) is 1.62. The molecule has 33 heavy (non-hydrogen) atoms. The first-order valence-corrected chi connectivity index (χ1v) is 8.61. The first-order valence-electron chi connectivity index (χ1n) is 7.17. The van der Waals surface area contributed by atoms with Gasteiger partial charge in [-0.1, -0.05) is 0 Å². The highest BCUT2D eigenvalue weighted by Crippen LogP contribution is 2.55. The van der Waals surface area contributed by atoms with Crippen molar-refractivity contribution in [1.29, 1.82) is 0 Å². The molecule has 22 heteroatoms. The highest BCUT2D eigenvalue weighted by molar-refractivity contribution is 7.86. The summed E-state index contributed by atoms with van der Waals surface area (Å²) >= 11 is 0. The van der Waals surface area contributed by atoms with Crippen LogP contribution in [-0.2, 0) is 19.6 Å². The van der Waals surface area contributed by atoms with E-state index in [1.165, 1.54) is 4.74 Å². The quantitative estimate of drug-likeness (QED) is 0.295. The van der Waals surface area contributed by atoms with Gasteiger partial charge in [-0.2, -0.15) is 61.1 Å². The largest absolute Gasteiger partial charge is 0.460 e. The van der Waals surface area contributed by atoms with Crippen molar-refractivity contribution in [3.63, 3.8) is 0 Å². The van der Waals surface area contributed by atoms with Crippen LogP contribution < -0.4 is 0 Å². The van der Waals surface area contributed by atoms with Gasteiger partial charge in [0.1, 0.15) is 0 Å². The fraction of sp³-hybridized carbons (Fsp3) is 1.00. The molecule has 0 amide bonds. The zero-order valence-electron chi connectivity index (χ0n) is 15.1. The summed E-state index contributed by atoms with van der Waals surface area (Å²) in [6, 6.07) is 0. The minimum Gasteiger partial charge on any atom is -0.299 e. The summed E-state index contributed by atoms with van der Waals surface area (Å²) in [6.07, 6.45) is -28.6. The summed E-state index contributed by atoms with van der Waals surface area (Å²) in [5.74, 6) is -26.1. The molecule has 0 aliphatic rings. The molecule has 0 rings (SSSR count). The summed E-state index contributed by atoms with van der Waals surface area (Å²) in [6.45, 7) is -1.92. The molecule has 1 N–H and O–H groups in total. The van der Waals surface area contributed by atoms with Crippen LogP contribution in [0.1, 0.15) is 13.8 Å². The molecule has 0 heterocycles. The lowest BCUT2D eigenvalue weighted by Gasteiger charge is -2.41. The number of rotatable bonds is 10. The highest BCUT2D eigenvalue weighted by atomic mass is 32.2. The second-order valence-corrected chi connectivity index (χ2v) is 7.65. The van der Waals surface area contributed by atoms with Crippen LogP contribution in [0.5, 0.6) is 0 Å². The minimum atomic E-state index is -7.89. The Balaban J connectivity index is 6.83. The van der Waals surface area contributed by atoms with Gasteiger partial charge in [0.05, 0.1) is 0 Å². The summed E-state index contributed by atoms with van der Waals surface area (Å²) in [5, 5.41) is -7.35. The first kappa shape index (κ1) is 31.7. The van der Waals surface area contributed by atoms with E-state index in [1.807, 2.05) is 0 Å². The Morgan fingerprint density at radius 3 is 1.30 bits per heavy atom. The lowest BCUT2D eigenvalue weighted by molar-refractivity contribution is -0.525. The first-order chi connectivity index (χ1) is 13.8. The second kappa shape index (κ2) is 8.14. The Morgan fingerprint density at radius 2 is 1.06 bits per heavy atom. The molecule has 0 aromatic heterocycles. The molecular formula is C11H8F16O5S. The molecule has 0 saturated heterocycles. The van der Waals surface area contributed by atoms with Gasteiger partial charge in [-0.3, -0.25) is 14.0 Å². The molecule has 0 spiro atoms. The van der Waals surface area contributed by atoms with Crippen LogP contribution in [-0.4, -0.2) is 66.3 Å². The zero-order valence-corrected chi connectivity index (χ0v) is 15.9. The Morgan fingerprint density at radius 1 is 0.697 bits per heavy atom. The van der Waals surface area contributed by atoms with Crippen LogP contribution in [0.15, 0.2) is 0 Å². The van der Waals surface area contributed by atoms with Gasteiger partial charge in [0.2, 0.25) is 0 Å². The lowest BCUT2D eigenvalue weighted by atomic mass is 10.0. The van der Waals surface area contributed by atoms with E-state index in [1.54, 1.807) is 0 Å². The fourth-order valence-corrected chi connectivity index (χ4v) is 1.96. The van der Waals surface area contributed by atoms with Crippen molar-refractivity contribution in [2.24, 2.45) is 0 Å². The molecule has 0 aliphatic carbocycles. The number of halogens is 16. The van der Waals surface area contributed by atoms with Crippen molar-refractivity contribution in [3.8, 4) is 0 Å². The van der Waals surface area contributed by atoms with Crippen molar-refractivity contribution in [2.75, 3.05) is 0 Å². The molecule has 5 nitrogen and oxygen atoms in total. The van der Waals surface area contributed by atoms with E-state index in [0.29, 0.717) is 0 Å². The van der Waals surface area contributed by atoms with E-state index >= 15 is 0 Å². The van der Waals surface area contributed by atoms with E-state index in [2.05, 4.69) is 4.74 Å². The van der Waals surface area contributed by atoms with Gasteiger partial charge in [0.15, 0.2) is 6.10 Å². The maximum Gasteiger partial charge on any atom is 0.460 e. The molecule has 0 bridgehead atoms. The van der Waals surface area contributed by atoms with E-state index in [9.17, 15) is 78.7 Å². The average molecular weight is 556 g/mol.